The lowest BCUT2D eigenvalue weighted by Crippen LogP contribution is -2.31. The minimum absolute atomic E-state index is 0.0574. The van der Waals surface area contributed by atoms with Crippen LogP contribution in [0.1, 0.15) is 17.0 Å². The summed E-state index contributed by atoms with van der Waals surface area (Å²) in [6, 6.07) is 13.4. The van der Waals surface area contributed by atoms with Crippen LogP contribution in [0.15, 0.2) is 51.4 Å². The van der Waals surface area contributed by atoms with Crippen LogP contribution < -0.4 is 4.74 Å². The van der Waals surface area contributed by atoms with Crippen molar-refractivity contribution in [2.75, 3.05) is 13.7 Å². The SMILES string of the molecule is Cc1cc(OCC(=O)N(C)Cc2nnc(-c3ccccc3)o2)c(C)cc1Br. The Bertz CT molecular complexity index is 941. The van der Waals surface area contributed by atoms with E-state index in [0.29, 0.717) is 17.5 Å². The third-order valence-corrected chi connectivity index (χ3v) is 4.95. The van der Waals surface area contributed by atoms with Gasteiger partial charge in [0.05, 0.1) is 6.54 Å². The number of halogens is 1. The molecule has 0 aliphatic heterocycles. The molecule has 3 rings (SSSR count). The van der Waals surface area contributed by atoms with Crippen molar-refractivity contribution in [1.29, 1.82) is 0 Å². The van der Waals surface area contributed by atoms with Gasteiger partial charge in [0.1, 0.15) is 5.75 Å². The van der Waals surface area contributed by atoms with Gasteiger partial charge >= 0.3 is 0 Å². The average Bonchev–Trinajstić information content (AvgIpc) is 3.12. The first-order chi connectivity index (χ1) is 12.9. The van der Waals surface area contributed by atoms with Crippen LogP contribution in [0.5, 0.6) is 5.75 Å². The number of likely N-dealkylation sites (N-methyl/N-ethyl adjacent to an activating group) is 1. The number of amides is 1. The summed E-state index contributed by atoms with van der Waals surface area (Å²) in [4.78, 5) is 13.9. The minimum atomic E-state index is -0.172. The number of aryl methyl sites for hydroxylation is 2. The Labute approximate surface area is 166 Å². The first-order valence-electron chi connectivity index (χ1n) is 8.45. The summed E-state index contributed by atoms with van der Waals surface area (Å²) in [5.41, 5.74) is 2.86. The van der Waals surface area contributed by atoms with E-state index in [1.807, 2.05) is 56.3 Å². The average molecular weight is 430 g/mol. The van der Waals surface area contributed by atoms with Crippen molar-refractivity contribution in [2.45, 2.75) is 20.4 Å². The molecule has 0 bridgehead atoms. The Morgan fingerprint density at radius 1 is 1.15 bits per heavy atom. The van der Waals surface area contributed by atoms with Gasteiger partial charge in [0.25, 0.3) is 5.91 Å². The van der Waals surface area contributed by atoms with Crippen molar-refractivity contribution in [3.05, 3.63) is 64.0 Å². The molecule has 1 heterocycles. The molecular weight excluding hydrogens is 410 g/mol. The zero-order valence-electron chi connectivity index (χ0n) is 15.4. The Balaban J connectivity index is 1.58. The fourth-order valence-electron chi connectivity index (χ4n) is 2.47. The molecule has 0 saturated carbocycles. The Hall–Kier alpha value is -2.67. The van der Waals surface area contributed by atoms with E-state index in [2.05, 4.69) is 26.1 Å². The van der Waals surface area contributed by atoms with E-state index in [1.54, 1.807) is 7.05 Å². The summed E-state index contributed by atoms with van der Waals surface area (Å²) in [6.45, 7) is 4.08. The predicted molar refractivity (Wildman–Crippen MR) is 105 cm³/mol. The summed E-state index contributed by atoms with van der Waals surface area (Å²) in [6.07, 6.45) is 0. The summed E-state index contributed by atoms with van der Waals surface area (Å²) in [5.74, 6) is 1.33. The molecule has 140 valence electrons. The Kier molecular flexibility index (Phi) is 5.91. The van der Waals surface area contributed by atoms with Crippen LogP contribution in [0.2, 0.25) is 0 Å². The van der Waals surface area contributed by atoms with E-state index in [-0.39, 0.29) is 19.1 Å². The molecular formula is C20H20BrN3O3. The maximum atomic E-state index is 12.4. The van der Waals surface area contributed by atoms with Crippen molar-refractivity contribution < 1.29 is 13.9 Å². The molecule has 27 heavy (non-hydrogen) atoms. The van der Waals surface area contributed by atoms with Crippen LogP contribution in [-0.4, -0.2) is 34.7 Å². The van der Waals surface area contributed by atoms with E-state index < -0.39 is 0 Å². The molecule has 0 aliphatic carbocycles. The number of hydrogen-bond acceptors (Lipinski definition) is 5. The second kappa shape index (κ2) is 8.35. The van der Waals surface area contributed by atoms with Crippen LogP contribution >= 0.6 is 15.9 Å². The molecule has 7 heteroatoms. The van der Waals surface area contributed by atoms with Gasteiger partial charge in [-0.2, -0.15) is 0 Å². The van der Waals surface area contributed by atoms with Crippen molar-refractivity contribution >= 4 is 21.8 Å². The fourth-order valence-corrected chi connectivity index (χ4v) is 2.92. The van der Waals surface area contributed by atoms with Gasteiger partial charge in [-0.25, -0.2) is 0 Å². The molecule has 1 aromatic heterocycles. The zero-order chi connectivity index (χ0) is 19.4. The number of nitrogens with zero attached hydrogens (tertiary/aromatic N) is 3. The Morgan fingerprint density at radius 2 is 1.89 bits per heavy atom. The first-order valence-corrected chi connectivity index (χ1v) is 9.24. The van der Waals surface area contributed by atoms with Gasteiger partial charge in [0, 0.05) is 17.1 Å². The van der Waals surface area contributed by atoms with Crippen molar-refractivity contribution in [2.24, 2.45) is 0 Å². The second-order valence-corrected chi connectivity index (χ2v) is 7.13. The fraction of sp³-hybridized carbons (Fsp3) is 0.250. The number of carbonyl (C=O) groups excluding carboxylic acids is 1. The van der Waals surface area contributed by atoms with Crippen LogP contribution in [0.25, 0.3) is 11.5 Å². The number of benzene rings is 2. The third-order valence-electron chi connectivity index (χ3n) is 4.09. The van der Waals surface area contributed by atoms with E-state index in [4.69, 9.17) is 9.15 Å². The largest absolute Gasteiger partial charge is 0.483 e. The van der Waals surface area contributed by atoms with Crippen LogP contribution in [0.4, 0.5) is 0 Å². The van der Waals surface area contributed by atoms with E-state index in [1.165, 1.54) is 4.90 Å². The highest BCUT2D eigenvalue weighted by molar-refractivity contribution is 9.10. The predicted octanol–water partition coefficient (Wildman–Crippen LogP) is 4.15. The maximum absolute atomic E-state index is 12.4. The first kappa shape index (κ1) is 19.1. The number of rotatable bonds is 6. The number of aromatic nitrogens is 2. The number of carbonyl (C=O) groups is 1. The van der Waals surface area contributed by atoms with Gasteiger partial charge in [0.15, 0.2) is 6.61 Å². The lowest BCUT2D eigenvalue weighted by atomic mass is 10.1. The highest BCUT2D eigenvalue weighted by Crippen LogP contribution is 2.26. The van der Waals surface area contributed by atoms with Gasteiger partial charge in [-0.3, -0.25) is 4.79 Å². The molecule has 0 aliphatic rings. The number of ether oxygens (including phenoxy) is 1. The molecule has 0 saturated heterocycles. The van der Waals surface area contributed by atoms with Gasteiger partial charge in [-0.15, -0.1) is 10.2 Å². The smallest absolute Gasteiger partial charge is 0.260 e. The summed E-state index contributed by atoms with van der Waals surface area (Å²) < 4.78 is 12.3. The van der Waals surface area contributed by atoms with Gasteiger partial charge in [-0.05, 0) is 49.2 Å². The van der Waals surface area contributed by atoms with Crippen molar-refractivity contribution in [1.82, 2.24) is 15.1 Å². The number of hydrogen-bond donors (Lipinski definition) is 0. The lowest BCUT2D eigenvalue weighted by molar-refractivity contribution is -0.132. The third kappa shape index (κ3) is 4.74. The summed E-state index contributed by atoms with van der Waals surface area (Å²) in [7, 11) is 1.68. The topological polar surface area (TPSA) is 68.5 Å². The van der Waals surface area contributed by atoms with E-state index in [0.717, 1.165) is 21.2 Å². The zero-order valence-corrected chi connectivity index (χ0v) is 17.0. The van der Waals surface area contributed by atoms with E-state index in [9.17, 15) is 4.79 Å². The minimum Gasteiger partial charge on any atom is -0.483 e. The quantitative estimate of drug-likeness (QED) is 0.588. The van der Waals surface area contributed by atoms with Crippen LogP contribution in [-0.2, 0) is 11.3 Å². The molecule has 6 nitrogen and oxygen atoms in total. The van der Waals surface area contributed by atoms with Crippen LogP contribution in [0, 0.1) is 13.8 Å². The van der Waals surface area contributed by atoms with Crippen LogP contribution in [0.3, 0.4) is 0 Å². The molecule has 0 atom stereocenters. The monoisotopic (exact) mass is 429 g/mol. The summed E-state index contributed by atoms with van der Waals surface area (Å²) in [5, 5.41) is 8.04. The van der Waals surface area contributed by atoms with E-state index >= 15 is 0 Å². The lowest BCUT2D eigenvalue weighted by Gasteiger charge is -2.16. The maximum Gasteiger partial charge on any atom is 0.260 e. The van der Waals surface area contributed by atoms with Gasteiger partial charge in [-0.1, -0.05) is 34.1 Å². The van der Waals surface area contributed by atoms with Gasteiger partial charge in [0.2, 0.25) is 11.8 Å². The van der Waals surface area contributed by atoms with Gasteiger partial charge < -0.3 is 14.1 Å². The van der Waals surface area contributed by atoms with Crippen molar-refractivity contribution in [3.63, 3.8) is 0 Å². The molecule has 0 unspecified atom stereocenters. The highest BCUT2D eigenvalue weighted by Gasteiger charge is 2.15. The normalized spacial score (nSPS) is 10.7. The van der Waals surface area contributed by atoms with Crippen molar-refractivity contribution in [3.8, 4) is 17.2 Å². The molecule has 0 fully saturated rings. The molecule has 2 aromatic carbocycles. The molecule has 1 amide bonds. The Morgan fingerprint density at radius 3 is 2.63 bits per heavy atom. The summed E-state index contributed by atoms with van der Waals surface area (Å²) >= 11 is 3.49. The molecule has 0 spiro atoms. The standard InChI is InChI=1S/C20H20BrN3O3/c1-13-10-17(14(2)9-16(13)21)26-12-19(25)24(3)11-18-22-23-20(27-18)15-7-5-4-6-8-15/h4-10H,11-12H2,1-3H3. The molecule has 0 radical (unpaired) electrons. The molecule has 3 aromatic rings. The molecule has 0 N–H and O–H groups in total. The second-order valence-electron chi connectivity index (χ2n) is 6.27. The highest BCUT2D eigenvalue weighted by atomic mass is 79.9.